The molecular weight excluding hydrogens is 286 g/mol. The third-order valence-corrected chi connectivity index (χ3v) is 5.04. The summed E-state index contributed by atoms with van der Waals surface area (Å²) in [5, 5.41) is 18.6. The number of methoxy groups -OCH3 is 1. The van der Waals surface area contributed by atoms with E-state index in [2.05, 4.69) is 0 Å². The Kier molecular flexibility index (Phi) is 3.98. The minimum atomic E-state index is -3.99. The summed E-state index contributed by atoms with van der Waals surface area (Å²) in [6.07, 6.45) is -1.09. The lowest BCUT2D eigenvalue weighted by Crippen LogP contribution is -2.40. The highest BCUT2D eigenvalue weighted by molar-refractivity contribution is 7.89. The van der Waals surface area contributed by atoms with Crippen molar-refractivity contribution >= 4 is 16.0 Å². The van der Waals surface area contributed by atoms with Gasteiger partial charge in [0.25, 0.3) is 0 Å². The number of carboxylic acids is 1. The summed E-state index contributed by atoms with van der Waals surface area (Å²) in [6.45, 7) is -0.226. The molecule has 1 aliphatic rings. The fraction of sp³-hybridized carbons (Fsp3) is 0.417. The minimum Gasteiger partial charge on any atom is -0.497 e. The number of β-amino-alcohol motifs (C(OH)–C–C–N with tert-alkyl or cyclic N) is 1. The monoisotopic (exact) mass is 301 g/mol. The van der Waals surface area contributed by atoms with Crippen LogP contribution in [0.4, 0.5) is 0 Å². The number of hydrogen-bond donors (Lipinski definition) is 2. The first kappa shape index (κ1) is 14.8. The predicted octanol–water partition coefficient (Wildman–Crippen LogP) is -0.0963. The van der Waals surface area contributed by atoms with Crippen LogP contribution in [0.5, 0.6) is 5.75 Å². The number of aliphatic carboxylic acids is 1. The first-order chi connectivity index (χ1) is 9.36. The lowest BCUT2D eigenvalue weighted by Gasteiger charge is -2.20. The van der Waals surface area contributed by atoms with E-state index in [0.29, 0.717) is 5.75 Å². The van der Waals surface area contributed by atoms with E-state index < -0.39 is 28.1 Å². The van der Waals surface area contributed by atoms with Gasteiger partial charge in [0.15, 0.2) is 0 Å². The maximum Gasteiger partial charge on any atom is 0.322 e. The summed E-state index contributed by atoms with van der Waals surface area (Å²) in [4.78, 5) is 11.1. The summed E-state index contributed by atoms with van der Waals surface area (Å²) in [6, 6.07) is 4.53. The molecule has 1 unspecified atom stereocenters. The molecule has 1 heterocycles. The number of benzene rings is 1. The van der Waals surface area contributed by atoms with E-state index >= 15 is 0 Å². The molecule has 2 N–H and O–H groups in total. The van der Waals surface area contributed by atoms with E-state index in [1.54, 1.807) is 6.07 Å². The highest BCUT2D eigenvalue weighted by Crippen LogP contribution is 2.28. The molecule has 1 aromatic carbocycles. The van der Waals surface area contributed by atoms with Crippen LogP contribution in [0, 0.1) is 0 Å². The first-order valence-electron chi connectivity index (χ1n) is 5.93. The first-order valence-corrected chi connectivity index (χ1v) is 7.37. The third kappa shape index (κ3) is 2.62. The highest BCUT2D eigenvalue weighted by Gasteiger charge is 2.43. The predicted molar refractivity (Wildman–Crippen MR) is 68.9 cm³/mol. The molecule has 0 saturated carbocycles. The molecule has 0 aromatic heterocycles. The van der Waals surface area contributed by atoms with Crippen molar-refractivity contribution in [2.45, 2.75) is 23.5 Å². The number of aliphatic hydroxyl groups is 1. The van der Waals surface area contributed by atoms with Gasteiger partial charge >= 0.3 is 5.97 Å². The Balaban J connectivity index is 2.40. The number of ether oxygens (including phenoxy) is 1. The van der Waals surface area contributed by atoms with Gasteiger partial charge in [-0.25, -0.2) is 8.42 Å². The number of sulfonamides is 1. The highest BCUT2D eigenvalue weighted by atomic mass is 32.2. The third-order valence-electron chi connectivity index (χ3n) is 3.17. The van der Waals surface area contributed by atoms with Crippen LogP contribution in [0.15, 0.2) is 29.2 Å². The number of carbonyl (C=O) groups is 1. The molecule has 1 saturated heterocycles. The van der Waals surface area contributed by atoms with Gasteiger partial charge in [-0.2, -0.15) is 4.31 Å². The van der Waals surface area contributed by atoms with Crippen molar-refractivity contribution in [2.75, 3.05) is 13.7 Å². The van der Waals surface area contributed by atoms with Gasteiger partial charge in [0.2, 0.25) is 10.0 Å². The van der Waals surface area contributed by atoms with Crippen molar-refractivity contribution < 1.29 is 28.2 Å². The van der Waals surface area contributed by atoms with E-state index in [-0.39, 0.29) is 17.9 Å². The zero-order valence-corrected chi connectivity index (χ0v) is 11.6. The summed E-state index contributed by atoms with van der Waals surface area (Å²) in [5.41, 5.74) is 0. The van der Waals surface area contributed by atoms with Gasteiger partial charge in [-0.3, -0.25) is 4.79 Å². The lowest BCUT2D eigenvalue weighted by molar-refractivity contribution is -0.140. The van der Waals surface area contributed by atoms with Gasteiger partial charge in [0.05, 0.1) is 18.1 Å². The quantitative estimate of drug-likeness (QED) is 0.805. The Bertz CT molecular complexity index is 614. The van der Waals surface area contributed by atoms with Gasteiger partial charge in [0.1, 0.15) is 11.8 Å². The maximum absolute atomic E-state index is 12.5. The van der Waals surface area contributed by atoms with Crippen molar-refractivity contribution in [1.82, 2.24) is 4.31 Å². The van der Waals surface area contributed by atoms with Crippen molar-refractivity contribution in [3.05, 3.63) is 24.3 Å². The van der Waals surface area contributed by atoms with Crippen molar-refractivity contribution in [3.8, 4) is 5.75 Å². The van der Waals surface area contributed by atoms with Crippen LogP contribution >= 0.6 is 0 Å². The van der Waals surface area contributed by atoms with Crippen molar-refractivity contribution in [2.24, 2.45) is 0 Å². The van der Waals surface area contributed by atoms with E-state index in [0.717, 1.165) is 4.31 Å². The fourth-order valence-corrected chi connectivity index (χ4v) is 3.84. The minimum absolute atomic E-state index is 0.0581. The van der Waals surface area contributed by atoms with Crippen LogP contribution in [-0.2, 0) is 14.8 Å². The van der Waals surface area contributed by atoms with Gasteiger partial charge < -0.3 is 14.9 Å². The number of carboxylic acid groups (broad SMARTS) is 1. The maximum atomic E-state index is 12.5. The molecule has 0 aliphatic carbocycles. The van der Waals surface area contributed by atoms with E-state index in [1.165, 1.54) is 25.3 Å². The van der Waals surface area contributed by atoms with E-state index in [4.69, 9.17) is 9.84 Å². The molecule has 8 heteroatoms. The number of hydrogen-bond acceptors (Lipinski definition) is 5. The van der Waals surface area contributed by atoms with Gasteiger partial charge in [-0.1, -0.05) is 6.07 Å². The largest absolute Gasteiger partial charge is 0.497 e. The van der Waals surface area contributed by atoms with Crippen LogP contribution in [0.3, 0.4) is 0 Å². The van der Waals surface area contributed by atoms with Crippen LogP contribution in [0.2, 0.25) is 0 Å². The summed E-state index contributed by atoms with van der Waals surface area (Å²) in [7, 11) is -2.58. The Hall–Kier alpha value is -1.64. The molecule has 1 aliphatic heterocycles. The zero-order valence-electron chi connectivity index (χ0n) is 10.8. The SMILES string of the molecule is COc1cccc(S(=O)(=O)N2CC(O)C[C@H]2C(=O)O)c1. The number of nitrogens with zero attached hydrogens (tertiary/aromatic N) is 1. The topological polar surface area (TPSA) is 104 Å². The molecule has 0 amide bonds. The average molecular weight is 301 g/mol. The molecule has 110 valence electrons. The standard InChI is InChI=1S/C12H15NO6S/c1-19-9-3-2-4-10(6-9)20(17,18)13-7-8(14)5-11(13)12(15)16/h2-4,6,8,11,14H,5,7H2,1H3,(H,15,16)/t8?,11-/m0/s1. The van der Waals surface area contributed by atoms with E-state index in [9.17, 15) is 18.3 Å². The molecular formula is C12H15NO6S. The zero-order chi connectivity index (χ0) is 14.9. The Morgan fingerprint density at radius 1 is 1.45 bits per heavy atom. The second kappa shape index (κ2) is 5.39. The Morgan fingerprint density at radius 3 is 2.75 bits per heavy atom. The van der Waals surface area contributed by atoms with Gasteiger partial charge in [-0.15, -0.1) is 0 Å². The second-order valence-corrected chi connectivity index (χ2v) is 6.39. The molecule has 7 nitrogen and oxygen atoms in total. The average Bonchev–Trinajstić information content (AvgIpc) is 2.82. The number of rotatable bonds is 4. The molecule has 2 atom stereocenters. The molecule has 2 rings (SSSR count). The van der Waals surface area contributed by atoms with Crippen molar-refractivity contribution in [1.29, 1.82) is 0 Å². The molecule has 1 fully saturated rings. The fourth-order valence-electron chi connectivity index (χ4n) is 2.17. The Morgan fingerprint density at radius 2 is 2.15 bits per heavy atom. The van der Waals surface area contributed by atoms with Gasteiger partial charge in [0, 0.05) is 19.0 Å². The molecule has 0 bridgehead atoms. The molecule has 0 radical (unpaired) electrons. The second-order valence-electron chi connectivity index (χ2n) is 4.50. The van der Waals surface area contributed by atoms with Crippen molar-refractivity contribution in [3.63, 3.8) is 0 Å². The normalized spacial score (nSPS) is 23.7. The van der Waals surface area contributed by atoms with Gasteiger partial charge in [-0.05, 0) is 12.1 Å². The molecule has 1 aromatic rings. The molecule has 20 heavy (non-hydrogen) atoms. The number of aliphatic hydroxyl groups excluding tert-OH is 1. The summed E-state index contributed by atoms with van der Waals surface area (Å²) >= 11 is 0. The Labute approximate surface area is 116 Å². The molecule has 0 spiro atoms. The lowest BCUT2D eigenvalue weighted by atomic mass is 10.2. The van der Waals surface area contributed by atoms with Crippen LogP contribution in [0.25, 0.3) is 0 Å². The van der Waals surface area contributed by atoms with Crippen LogP contribution in [0.1, 0.15) is 6.42 Å². The van der Waals surface area contributed by atoms with Crippen LogP contribution in [-0.4, -0.2) is 54.7 Å². The smallest absolute Gasteiger partial charge is 0.322 e. The summed E-state index contributed by atoms with van der Waals surface area (Å²) in [5.74, 6) is -0.911. The van der Waals surface area contributed by atoms with E-state index in [1.807, 2.05) is 0 Å². The van der Waals surface area contributed by atoms with Crippen LogP contribution < -0.4 is 4.74 Å². The summed E-state index contributed by atoms with van der Waals surface area (Å²) < 4.78 is 30.7.